The molecule has 0 bridgehead atoms. The fraction of sp³-hybridized carbons (Fsp3) is 0.176. The van der Waals surface area contributed by atoms with Gasteiger partial charge in [-0.05, 0) is 31.2 Å². The fourth-order valence-corrected chi connectivity index (χ4v) is 2.56. The molecule has 23 heavy (non-hydrogen) atoms. The Morgan fingerprint density at radius 3 is 2.74 bits per heavy atom. The van der Waals surface area contributed by atoms with Crippen LogP contribution in [-0.4, -0.2) is 27.5 Å². The molecule has 5 nitrogen and oxygen atoms in total. The number of halogens is 1. The minimum Gasteiger partial charge on any atom is -0.472 e. The number of rotatable bonds is 5. The number of furan rings is 1. The van der Waals surface area contributed by atoms with Crippen LogP contribution in [0.15, 0.2) is 57.8 Å². The molecule has 0 spiro atoms. The molecule has 0 unspecified atom stereocenters. The highest BCUT2D eigenvalue weighted by Crippen LogP contribution is 2.21. The predicted molar refractivity (Wildman–Crippen MR) is 90.8 cm³/mol. The van der Waals surface area contributed by atoms with E-state index >= 15 is 0 Å². The summed E-state index contributed by atoms with van der Waals surface area (Å²) >= 11 is 3.41. The number of carbonyl (C=O) groups excluding carboxylic acids is 1. The van der Waals surface area contributed by atoms with Crippen molar-refractivity contribution in [1.82, 2.24) is 15.1 Å². The Morgan fingerprint density at radius 1 is 1.30 bits per heavy atom. The molecule has 1 amide bonds. The van der Waals surface area contributed by atoms with Crippen molar-refractivity contribution in [2.75, 3.05) is 6.54 Å². The minimum absolute atomic E-state index is 0.0791. The second kappa shape index (κ2) is 6.83. The number of hydrogen-bond donors (Lipinski definition) is 1. The van der Waals surface area contributed by atoms with Crippen LogP contribution in [0.25, 0.3) is 11.3 Å². The smallest absolute Gasteiger partial charge is 0.272 e. The molecular formula is C17H16BrN3O2. The van der Waals surface area contributed by atoms with Crippen molar-refractivity contribution in [3.05, 3.63) is 64.7 Å². The van der Waals surface area contributed by atoms with Crippen molar-refractivity contribution in [2.45, 2.75) is 13.5 Å². The van der Waals surface area contributed by atoms with E-state index < -0.39 is 0 Å². The lowest BCUT2D eigenvalue weighted by Crippen LogP contribution is -2.30. The van der Waals surface area contributed by atoms with Gasteiger partial charge in [0.15, 0.2) is 0 Å². The lowest BCUT2D eigenvalue weighted by Gasteiger charge is -2.18. The van der Waals surface area contributed by atoms with Crippen LogP contribution < -0.4 is 0 Å². The Kier molecular flexibility index (Phi) is 4.62. The van der Waals surface area contributed by atoms with Crippen LogP contribution in [-0.2, 0) is 6.54 Å². The molecule has 0 aliphatic heterocycles. The zero-order valence-corrected chi connectivity index (χ0v) is 14.2. The summed E-state index contributed by atoms with van der Waals surface area (Å²) in [7, 11) is 0. The van der Waals surface area contributed by atoms with E-state index in [2.05, 4.69) is 26.1 Å². The third-order valence-corrected chi connectivity index (χ3v) is 4.10. The molecule has 0 aliphatic rings. The Bertz CT molecular complexity index is 779. The van der Waals surface area contributed by atoms with Gasteiger partial charge in [0.2, 0.25) is 0 Å². The van der Waals surface area contributed by atoms with Gasteiger partial charge in [-0.1, -0.05) is 28.1 Å². The Hall–Kier alpha value is -2.34. The second-order valence-corrected chi connectivity index (χ2v) is 6.04. The Labute approximate surface area is 142 Å². The van der Waals surface area contributed by atoms with E-state index in [1.807, 2.05) is 37.3 Å². The monoisotopic (exact) mass is 373 g/mol. The summed E-state index contributed by atoms with van der Waals surface area (Å²) in [6.07, 6.45) is 3.26. The molecule has 0 radical (unpaired) electrons. The van der Waals surface area contributed by atoms with Gasteiger partial charge in [-0.3, -0.25) is 9.89 Å². The molecule has 3 rings (SSSR count). The maximum atomic E-state index is 12.6. The van der Waals surface area contributed by atoms with Crippen LogP contribution in [0, 0.1) is 0 Å². The average molecular weight is 374 g/mol. The van der Waals surface area contributed by atoms with Crippen molar-refractivity contribution >= 4 is 21.8 Å². The van der Waals surface area contributed by atoms with Gasteiger partial charge in [-0.15, -0.1) is 0 Å². The fourth-order valence-electron chi connectivity index (χ4n) is 2.30. The summed E-state index contributed by atoms with van der Waals surface area (Å²) in [6, 6.07) is 11.4. The number of nitrogens with zero attached hydrogens (tertiary/aromatic N) is 2. The number of benzene rings is 1. The molecule has 6 heteroatoms. The highest BCUT2D eigenvalue weighted by atomic mass is 79.9. The third kappa shape index (κ3) is 3.53. The first-order valence-corrected chi connectivity index (χ1v) is 8.08. The summed E-state index contributed by atoms with van der Waals surface area (Å²) in [5.74, 6) is -0.0791. The van der Waals surface area contributed by atoms with Gasteiger partial charge in [0.1, 0.15) is 5.69 Å². The maximum Gasteiger partial charge on any atom is 0.272 e. The summed E-state index contributed by atoms with van der Waals surface area (Å²) < 4.78 is 6.06. The van der Waals surface area contributed by atoms with Gasteiger partial charge in [0, 0.05) is 28.7 Å². The number of nitrogens with one attached hydrogen (secondary N) is 1. The van der Waals surface area contributed by atoms with Gasteiger partial charge in [0.25, 0.3) is 5.91 Å². The highest BCUT2D eigenvalue weighted by molar-refractivity contribution is 9.10. The SMILES string of the molecule is CCN(Cc1ccoc1)C(=O)c1cc(-c2ccc(Br)cc2)n[nH]1. The van der Waals surface area contributed by atoms with E-state index in [4.69, 9.17) is 4.42 Å². The van der Waals surface area contributed by atoms with Gasteiger partial charge >= 0.3 is 0 Å². The topological polar surface area (TPSA) is 62.1 Å². The van der Waals surface area contributed by atoms with Crippen LogP contribution in [0.1, 0.15) is 23.0 Å². The normalized spacial score (nSPS) is 10.7. The minimum atomic E-state index is -0.0791. The largest absolute Gasteiger partial charge is 0.472 e. The molecule has 118 valence electrons. The van der Waals surface area contributed by atoms with Crippen molar-refractivity contribution in [1.29, 1.82) is 0 Å². The summed E-state index contributed by atoms with van der Waals surface area (Å²) in [4.78, 5) is 14.4. The van der Waals surface area contributed by atoms with E-state index in [1.54, 1.807) is 23.5 Å². The summed E-state index contributed by atoms with van der Waals surface area (Å²) in [5.41, 5.74) is 3.16. The van der Waals surface area contributed by atoms with E-state index in [-0.39, 0.29) is 5.91 Å². The van der Waals surface area contributed by atoms with Crippen LogP contribution in [0.5, 0.6) is 0 Å². The zero-order valence-electron chi connectivity index (χ0n) is 12.6. The van der Waals surface area contributed by atoms with Crippen molar-refractivity contribution in [3.63, 3.8) is 0 Å². The molecule has 0 saturated heterocycles. The highest BCUT2D eigenvalue weighted by Gasteiger charge is 2.18. The third-order valence-electron chi connectivity index (χ3n) is 3.57. The first kappa shape index (κ1) is 15.6. The Morgan fingerprint density at radius 2 is 2.09 bits per heavy atom. The zero-order chi connectivity index (χ0) is 16.2. The standard InChI is InChI=1S/C17H16BrN3O2/c1-2-21(10-12-7-8-23-11-12)17(22)16-9-15(19-20-16)13-3-5-14(18)6-4-13/h3-9,11H,2,10H2,1H3,(H,19,20). The molecule has 2 heterocycles. The van der Waals surface area contributed by atoms with E-state index in [9.17, 15) is 4.79 Å². The van der Waals surface area contributed by atoms with Crippen molar-refractivity contribution in [2.24, 2.45) is 0 Å². The van der Waals surface area contributed by atoms with E-state index in [0.717, 1.165) is 21.3 Å². The first-order valence-electron chi connectivity index (χ1n) is 7.29. The number of hydrogen-bond acceptors (Lipinski definition) is 3. The molecule has 3 aromatic rings. The Balaban J connectivity index is 1.78. The predicted octanol–water partition coefficient (Wildman–Crippen LogP) is 4.09. The van der Waals surface area contributed by atoms with Gasteiger partial charge in [-0.2, -0.15) is 5.10 Å². The molecule has 0 atom stereocenters. The van der Waals surface area contributed by atoms with Crippen molar-refractivity contribution < 1.29 is 9.21 Å². The van der Waals surface area contributed by atoms with E-state index in [0.29, 0.717) is 18.8 Å². The molecule has 1 N–H and O–H groups in total. The number of carbonyl (C=O) groups is 1. The van der Waals surface area contributed by atoms with Gasteiger partial charge in [-0.25, -0.2) is 0 Å². The summed E-state index contributed by atoms with van der Waals surface area (Å²) in [6.45, 7) is 3.07. The average Bonchev–Trinajstić information content (AvgIpc) is 3.24. The number of aromatic amines is 1. The van der Waals surface area contributed by atoms with Crippen LogP contribution in [0.4, 0.5) is 0 Å². The van der Waals surface area contributed by atoms with Gasteiger partial charge < -0.3 is 9.32 Å². The molecule has 0 fully saturated rings. The molecule has 2 aromatic heterocycles. The number of H-pyrrole nitrogens is 1. The van der Waals surface area contributed by atoms with Crippen molar-refractivity contribution in [3.8, 4) is 11.3 Å². The second-order valence-electron chi connectivity index (χ2n) is 5.12. The lowest BCUT2D eigenvalue weighted by atomic mass is 10.1. The molecular weight excluding hydrogens is 358 g/mol. The van der Waals surface area contributed by atoms with E-state index in [1.165, 1.54) is 0 Å². The first-order chi connectivity index (χ1) is 11.2. The molecule has 0 saturated carbocycles. The lowest BCUT2D eigenvalue weighted by molar-refractivity contribution is 0.0746. The maximum absolute atomic E-state index is 12.6. The number of amides is 1. The molecule has 1 aromatic carbocycles. The van der Waals surface area contributed by atoms with Crippen LogP contribution in [0.3, 0.4) is 0 Å². The number of aromatic nitrogens is 2. The molecule has 0 aliphatic carbocycles. The summed E-state index contributed by atoms with van der Waals surface area (Å²) in [5, 5.41) is 7.08. The van der Waals surface area contributed by atoms with Gasteiger partial charge in [0.05, 0.1) is 18.2 Å². The van der Waals surface area contributed by atoms with Crippen LogP contribution in [0.2, 0.25) is 0 Å². The van der Waals surface area contributed by atoms with Crippen LogP contribution >= 0.6 is 15.9 Å². The quantitative estimate of drug-likeness (QED) is 0.732.